The Morgan fingerprint density at radius 2 is 1.68 bits per heavy atom. The Balaban J connectivity index is 1.59. The summed E-state index contributed by atoms with van der Waals surface area (Å²) in [6.45, 7) is 6.92. The number of rotatable bonds is 8. The third-order valence-corrected chi connectivity index (χ3v) is 9.18. The van der Waals surface area contributed by atoms with Crippen molar-refractivity contribution in [2.75, 3.05) is 10.8 Å². The second-order valence-corrected chi connectivity index (χ2v) is 12.4. The summed E-state index contributed by atoms with van der Waals surface area (Å²) in [6, 6.07) is 18.5. The van der Waals surface area contributed by atoms with E-state index in [-0.39, 0.29) is 4.90 Å². The van der Waals surface area contributed by atoms with Crippen LogP contribution in [0.5, 0.6) is 0 Å². The minimum atomic E-state index is -4.07. The van der Waals surface area contributed by atoms with Crippen LogP contribution in [0.15, 0.2) is 76.7 Å². The fourth-order valence-electron chi connectivity index (χ4n) is 4.33. The lowest BCUT2D eigenvalue weighted by Crippen LogP contribution is -2.40. The number of carbonyl (C=O) groups is 1. The van der Waals surface area contributed by atoms with Gasteiger partial charge >= 0.3 is 0 Å². The number of anilines is 1. The van der Waals surface area contributed by atoms with Gasteiger partial charge < -0.3 is 4.57 Å². The van der Waals surface area contributed by atoms with E-state index in [1.54, 1.807) is 43.3 Å². The van der Waals surface area contributed by atoms with Gasteiger partial charge in [-0.05, 0) is 81.8 Å². The molecule has 0 radical (unpaired) electrons. The number of nitrogens with one attached hydrogen (secondary N) is 1. The molecule has 0 fully saturated rings. The van der Waals surface area contributed by atoms with Gasteiger partial charge in [0.25, 0.3) is 15.9 Å². The van der Waals surface area contributed by atoms with Gasteiger partial charge in [-0.2, -0.15) is 5.10 Å². The molecular weight excluding hydrogens is 591 g/mol. The number of hydrazone groups is 1. The van der Waals surface area contributed by atoms with Crippen LogP contribution in [0.25, 0.3) is 5.69 Å². The lowest BCUT2D eigenvalue weighted by Gasteiger charge is -2.25. The molecule has 0 saturated heterocycles. The Morgan fingerprint density at radius 1 is 0.975 bits per heavy atom. The Kier molecular flexibility index (Phi) is 8.95. The molecule has 208 valence electrons. The lowest BCUT2D eigenvalue weighted by molar-refractivity contribution is -0.119. The van der Waals surface area contributed by atoms with Gasteiger partial charge in [0.1, 0.15) is 6.54 Å². The Bertz CT molecular complexity index is 1720. The smallest absolute Gasteiger partial charge is 0.264 e. The number of benzene rings is 3. The summed E-state index contributed by atoms with van der Waals surface area (Å²) in [7, 11) is -4.07. The summed E-state index contributed by atoms with van der Waals surface area (Å²) in [5.41, 5.74) is 7.50. The molecule has 3 aromatic carbocycles. The zero-order chi connectivity index (χ0) is 29.2. The van der Waals surface area contributed by atoms with E-state index in [1.165, 1.54) is 18.3 Å². The molecule has 0 aliphatic carbocycles. The first kappa shape index (κ1) is 29.7. The summed E-state index contributed by atoms with van der Waals surface area (Å²) in [4.78, 5) is 13.1. The van der Waals surface area contributed by atoms with Gasteiger partial charge in [0.2, 0.25) is 0 Å². The largest absolute Gasteiger partial charge is 0.316 e. The number of aryl methyl sites for hydroxylation is 3. The third kappa shape index (κ3) is 6.20. The van der Waals surface area contributed by atoms with Crippen molar-refractivity contribution in [3.05, 3.63) is 110 Å². The molecule has 0 atom stereocenters. The molecule has 1 N–H and O–H groups in total. The Morgan fingerprint density at radius 3 is 2.35 bits per heavy atom. The molecule has 1 heterocycles. The normalized spacial score (nSPS) is 11.7. The van der Waals surface area contributed by atoms with Crippen molar-refractivity contribution in [2.24, 2.45) is 5.10 Å². The summed E-state index contributed by atoms with van der Waals surface area (Å²) >= 11 is 18.7. The van der Waals surface area contributed by atoms with E-state index >= 15 is 0 Å². The maximum Gasteiger partial charge on any atom is 0.264 e. The Labute approximate surface area is 249 Å². The van der Waals surface area contributed by atoms with Crippen molar-refractivity contribution in [3.63, 3.8) is 0 Å². The zero-order valence-electron chi connectivity index (χ0n) is 22.2. The zero-order valence-corrected chi connectivity index (χ0v) is 25.3. The predicted octanol–water partition coefficient (Wildman–Crippen LogP) is 7.02. The highest BCUT2D eigenvalue weighted by atomic mass is 35.5. The highest BCUT2D eigenvalue weighted by Gasteiger charge is 2.28. The van der Waals surface area contributed by atoms with E-state index in [2.05, 4.69) is 10.5 Å². The number of halogens is 3. The van der Waals surface area contributed by atoms with Crippen molar-refractivity contribution in [2.45, 2.75) is 32.6 Å². The number of carbonyl (C=O) groups excluding carboxylic acids is 1. The number of amides is 1. The third-order valence-electron chi connectivity index (χ3n) is 6.36. The van der Waals surface area contributed by atoms with Crippen LogP contribution >= 0.6 is 34.8 Å². The van der Waals surface area contributed by atoms with Crippen LogP contribution in [-0.2, 0) is 14.8 Å². The van der Waals surface area contributed by atoms with E-state index in [9.17, 15) is 13.2 Å². The van der Waals surface area contributed by atoms with E-state index in [1.807, 2.05) is 43.5 Å². The van der Waals surface area contributed by atoms with Crippen molar-refractivity contribution >= 4 is 62.6 Å². The van der Waals surface area contributed by atoms with Gasteiger partial charge in [0, 0.05) is 22.0 Å². The van der Waals surface area contributed by atoms with Crippen LogP contribution in [0.1, 0.15) is 28.1 Å². The molecule has 0 aliphatic rings. The first-order valence-electron chi connectivity index (χ1n) is 12.2. The Hall–Kier alpha value is -3.30. The van der Waals surface area contributed by atoms with Crippen LogP contribution in [0, 0.1) is 27.7 Å². The summed E-state index contributed by atoms with van der Waals surface area (Å²) in [5.74, 6) is -0.618. The van der Waals surface area contributed by atoms with Crippen LogP contribution in [0.2, 0.25) is 15.1 Å². The van der Waals surface area contributed by atoms with Gasteiger partial charge in [0.15, 0.2) is 0 Å². The molecule has 0 aliphatic heterocycles. The predicted molar refractivity (Wildman–Crippen MR) is 163 cm³/mol. The molecule has 0 bridgehead atoms. The van der Waals surface area contributed by atoms with Crippen molar-refractivity contribution in [1.82, 2.24) is 9.99 Å². The average Bonchev–Trinajstić information content (AvgIpc) is 3.17. The van der Waals surface area contributed by atoms with Crippen molar-refractivity contribution in [3.8, 4) is 5.69 Å². The molecule has 7 nitrogen and oxygen atoms in total. The highest BCUT2D eigenvalue weighted by molar-refractivity contribution is 7.92. The maximum absolute atomic E-state index is 13.6. The van der Waals surface area contributed by atoms with Gasteiger partial charge in [-0.3, -0.25) is 9.10 Å². The number of sulfonamides is 1. The standard InChI is InChI=1S/C29H27Cl3N4O3S/c1-18-8-11-24(12-9-18)40(38,39)35(26-13-10-23(30)14-19(26)2)17-28(37)34-33-16-22-15-20(3)36(21(22)4)27-7-5-6-25(31)29(27)32/h5-16H,17H2,1-4H3,(H,34,37). The summed E-state index contributed by atoms with van der Waals surface area (Å²) in [6.07, 6.45) is 1.50. The number of hydrogen-bond donors (Lipinski definition) is 1. The molecule has 0 saturated carbocycles. The molecule has 4 rings (SSSR count). The lowest BCUT2D eigenvalue weighted by atomic mass is 10.2. The fourth-order valence-corrected chi connectivity index (χ4v) is 6.42. The molecule has 1 amide bonds. The van der Waals surface area contributed by atoms with E-state index in [0.717, 1.165) is 32.5 Å². The monoisotopic (exact) mass is 616 g/mol. The highest BCUT2D eigenvalue weighted by Crippen LogP contribution is 2.32. The fraction of sp³-hybridized carbons (Fsp3) is 0.172. The maximum atomic E-state index is 13.6. The van der Waals surface area contributed by atoms with Gasteiger partial charge in [0.05, 0.1) is 32.5 Å². The van der Waals surface area contributed by atoms with Crippen LogP contribution in [-0.4, -0.2) is 31.7 Å². The molecule has 4 aromatic rings. The second-order valence-electron chi connectivity index (χ2n) is 9.28. The van der Waals surface area contributed by atoms with Crippen molar-refractivity contribution < 1.29 is 13.2 Å². The quantitative estimate of drug-likeness (QED) is 0.170. The van der Waals surface area contributed by atoms with Crippen LogP contribution < -0.4 is 9.73 Å². The molecule has 11 heteroatoms. The molecular formula is C29H27Cl3N4O3S. The van der Waals surface area contributed by atoms with Crippen LogP contribution in [0.4, 0.5) is 5.69 Å². The molecule has 1 aromatic heterocycles. The first-order chi connectivity index (χ1) is 18.9. The molecule has 40 heavy (non-hydrogen) atoms. The van der Waals surface area contributed by atoms with Crippen molar-refractivity contribution in [1.29, 1.82) is 0 Å². The van der Waals surface area contributed by atoms with E-state index in [0.29, 0.717) is 26.3 Å². The summed E-state index contributed by atoms with van der Waals surface area (Å²) < 4.78 is 30.3. The van der Waals surface area contributed by atoms with Gasteiger partial charge in [-0.15, -0.1) is 0 Å². The number of aromatic nitrogens is 1. The van der Waals surface area contributed by atoms with Crippen LogP contribution in [0.3, 0.4) is 0 Å². The number of hydrogen-bond acceptors (Lipinski definition) is 4. The van der Waals surface area contributed by atoms with Gasteiger partial charge in [-0.25, -0.2) is 13.8 Å². The van der Waals surface area contributed by atoms with E-state index < -0.39 is 22.5 Å². The minimum absolute atomic E-state index is 0.0656. The van der Waals surface area contributed by atoms with Gasteiger partial charge in [-0.1, -0.05) is 58.6 Å². The summed E-state index contributed by atoms with van der Waals surface area (Å²) in [5, 5.41) is 5.42. The number of nitrogens with zero attached hydrogens (tertiary/aromatic N) is 3. The molecule has 0 unspecified atom stereocenters. The average molecular weight is 618 g/mol. The molecule has 0 spiro atoms. The second kappa shape index (κ2) is 12.1. The first-order valence-corrected chi connectivity index (χ1v) is 14.8. The topological polar surface area (TPSA) is 83.8 Å². The SMILES string of the molecule is Cc1ccc(S(=O)(=O)N(CC(=O)NN=Cc2cc(C)n(-c3cccc(Cl)c3Cl)c2C)c2ccc(Cl)cc2C)cc1. The minimum Gasteiger partial charge on any atom is -0.316 e. The van der Waals surface area contributed by atoms with E-state index in [4.69, 9.17) is 34.8 Å².